The Morgan fingerprint density at radius 2 is 1.89 bits per heavy atom. The molecule has 0 aromatic rings. The lowest BCUT2D eigenvalue weighted by Gasteiger charge is -1.89. The van der Waals surface area contributed by atoms with Gasteiger partial charge in [-0.3, -0.25) is 0 Å². The van der Waals surface area contributed by atoms with E-state index < -0.39 is 6.61 Å². The molecule has 0 saturated carbocycles. The Morgan fingerprint density at radius 1 is 1.44 bits per heavy atom. The van der Waals surface area contributed by atoms with E-state index >= 15 is 0 Å². The topological polar surface area (TPSA) is 93.8 Å². The predicted octanol–water partition coefficient (Wildman–Crippen LogP) is -0.761. The van der Waals surface area contributed by atoms with E-state index in [2.05, 4.69) is 0 Å². The second-order valence-electron chi connectivity index (χ2n) is 1.28. The summed E-state index contributed by atoms with van der Waals surface area (Å²) in [5.74, 6) is 0. The average Bonchev–Trinajstić information content (AvgIpc) is 1.90. The summed E-state index contributed by atoms with van der Waals surface area (Å²) < 4.78 is 0. The first-order valence-corrected chi connectivity index (χ1v) is 2.16. The van der Waals surface area contributed by atoms with E-state index in [4.69, 9.17) is 21.4 Å². The van der Waals surface area contributed by atoms with Gasteiger partial charge in [0, 0.05) is 0 Å². The number of rotatable bonds is 1. The number of allylic oxidation sites excluding steroid dienone is 1. The molecule has 0 radical (unpaired) electrons. The van der Waals surface area contributed by atoms with Gasteiger partial charge in [0.15, 0.2) is 5.57 Å². The minimum Gasteiger partial charge on any atom is -0.398 e. The molecule has 0 atom stereocenters. The highest BCUT2D eigenvalue weighted by molar-refractivity contribution is 5.38. The maximum atomic E-state index is 8.28. The van der Waals surface area contributed by atoms with Gasteiger partial charge in [0.1, 0.15) is 12.1 Å². The molecule has 3 N–H and O–H groups in total. The lowest BCUT2D eigenvalue weighted by atomic mass is 10.2. The SMILES string of the molecule is N#CC(C#N)=C(N)CO. The van der Waals surface area contributed by atoms with E-state index in [1.807, 2.05) is 0 Å². The van der Waals surface area contributed by atoms with Crippen molar-refractivity contribution in [2.75, 3.05) is 6.61 Å². The van der Waals surface area contributed by atoms with Gasteiger partial charge in [-0.05, 0) is 0 Å². The standard InChI is InChI=1S/C5H5N3O/c6-1-4(2-7)5(8)3-9/h9H,3,8H2. The van der Waals surface area contributed by atoms with Crippen molar-refractivity contribution in [1.29, 1.82) is 10.5 Å². The average molecular weight is 123 g/mol. The van der Waals surface area contributed by atoms with Gasteiger partial charge in [0.05, 0.1) is 12.3 Å². The monoisotopic (exact) mass is 123 g/mol. The molecular weight excluding hydrogens is 118 g/mol. The van der Waals surface area contributed by atoms with Gasteiger partial charge in [-0.15, -0.1) is 0 Å². The van der Waals surface area contributed by atoms with Gasteiger partial charge in [0.25, 0.3) is 0 Å². The zero-order valence-electron chi connectivity index (χ0n) is 4.63. The van der Waals surface area contributed by atoms with E-state index in [0.29, 0.717) is 0 Å². The molecule has 0 spiro atoms. The van der Waals surface area contributed by atoms with E-state index in [1.54, 1.807) is 0 Å². The summed E-state index contributed by atoms with van der Waals surface area (Å²) in [6.45, 7) is -0.448. The van der Waals surface area contributed by atoms with Crippen molar-refractivity contribution in [3.63, 3.8) is 0 Å². The smallest absolute Gasteiger partial charge is 0.150 e. The van der Waals surface area contributed by atoms with Crippen molar-refractivity contribution >= 4 is 0 Å². The molecule has 0 aliphatic carbocycles. The highest BCUT2D eigenvalue weighted by atomic mass is 16.3. The minimum absolute atomic E-state index is 0.0833. The second-order valence-corrected chi connectivity index (χ2v) is 1.28. The Morgan fingerprint density at radius 3 is 2.00 bits per heavy atom. The minimum atomic E-state index is -0.448. The third-order valence-electron chi connectivity index (χ3n) is 0.715. The lowest BCUT2D eigenvalue weighted by molar-refractivity contribution is 0.329. The molecular formula is C5H5N3O. The number of hydrogen-bond donors (Lipinski definition) is 2. The van der Waals surface area contributed by atoms with E-state index in [-0.39, 0.29) is 11.3 Å². The number of aliphatic hydroxyl groups excluding tert-OH is 1. The molecule has 46 valence electrons. The number of nitriles is 2. The predicted molar refractivity (Wildman–Crippen MR) is 29.5 cm³/mol. The Hall–Kier alpha value is -1.52. The summed E-state index contributed by atoms with van der Waals surface area (Å²) in [4.78, 5) is 0. The first-order chi connectivity index (χ1) is 4.26. The number of hydrogen-bond acceptors (Lipinski definition) is 4. The first kappa shape index (κ1) is 7.48. The molecule has 0 rings (SSSR count). The molecule has 0 heterocycles. The Balaban J connectivity index is 4.49. The molecule has 4 nitrogen and oxygen atoms in total. The molecule has 0 bridgehead atoms. The van der Waals surface area contributed by atoms with Crippen LogP contribution in [0.2, 0.25) is 0 Å². The van der Waals surface area contributed by atoms with Crippen molar-refractivity contribution < 1.29 is 5.11 Å². The highest BCUT2D eigenvalue weighted by Crippen LogP contribution is 1.92. The summed E-state index contributed by atoms with van der Waals surface area (Å²) in [5.41, 5.74) is 4.72. The number of nitrogens with two attached hydrogens (primary N) is 1. The van der Waals surface area contributed by atoms with E-state index in [9.17, 15) is 0 Å². The van der Waals surface area contributed by atoms with Crippen molar-refractivity contribution in [2.24, 2.45) is 5.73 Å². The third kappa shape index (κ3) is 1.81. The van der Waals surface area contributed by atoms with Gasteiger partial charge >= 0.3 is 0 Å². The van der Waals surface area contributed by atoms with Gasteiger partial charge in [-0.25, -0.2) is 0 Å². The van der Waals surface area contributed by atoms with Gasteiger partial charge < -0.3 is 10.8 Å². The van der Waals surface area contributed by atoms with Crippen LogP contribution in [-0.2, 0) is 0 Å². The van der Waals surface area contributed by atoms with Crippen LogP contribution >= 0.6 is 0 Å². The molecule has 4 heteroatoms. The first-order valence-electron chi connectivity index (χ1n) is 2.16. The molecule has 0 amide bonds. The number of aliphatic hydroxyl groups is 1. The van der Waals surface area contributed by atoms with Crippen molar-refractivity contribution in [3.05, 3.63) is 11.3 Å². The van der Waals surface area contributed by atoms with Gasteiger partial charge in [-0.2, -0.15) is 10.5 Å². The fraction of sp³-hybridized carbons (Fsp3) is 0.200. The van der Waals surface area contributed by atoms with Crippen LogP contribution in [0.5, 0.6) is 0 Å². The Kier molecular flexibility index (Phi) is 2.89. The van der Waals surface area contributed by atoms with Crippen LogP contribution in [0.15, 0.2) is 11.3 Å². The van der Waals surface area contributed by atoms with Crippen LogP contribution in [0, 0.1) is 22.7 Å². The summed E-state index contributed by atoms with van der Waals surface area (Å²) in [5, 5.41) is 24.5. The normalized spacial score (nSPS) is 7.00. The molecule has 0 aliphatic heterocycles. The second kappa shape index (κ2) is 3.48. The van der Waals surface area contributed by atoms with Crippen molar-refractivity contribution in [1.82, 2.24) is 0 Å². The quantitative estimate of drug-likeness (QED) is 0.448. The van der Waals surface area contributed by atoms with Crippen LogP contribution in [0.3, 0.4) is 0 Å². The van der Waals surface area contributed by atoms with Gasteiger partial charge in [0.2, 0.25) is 0 Å². The van der Waals surface area contributed by atoms with Crippen LogP contribution in [0.1, 0.15) is 0 Å². The van der Waals surface area contributed by atoms with Crippen molar-refractivity contribution in [2.45, 2.75) is 0 Å². The Bertz CT molecular complexity index is 189. The van der Waals surface area contributed by atoms with Crippen LogP contribution in [-0.4, -0.2) is 11.7 Å². The maximum Gasteiger partial charge on any atom is 0.150 e. The van der Waals surface area contributed by atoms with Crippen molar-refractivity contribution in [3.8, 4) is 12.1 Å². The molecule has 0 aliphatic rings. The summed E-state index contributed by atoms with van der Waals surface area (Å²) >= 11 is 0. The van der Waals surface area contributed by atoms with Crippen LogP contribution in [0.4, 0.5) is 0 Å². The fourth-order valence-corrected chi connectivity index (χ4v) is 0.248. The molecule has 0 fully saturated rings. The lowest BCUT2D eigenvalue weighted by Crippen LogP contribution is -2.04. The number of nitrogens with zero attached hydrogens (tertiary/aromatic N) is 2. The zero-order valence-corrected chi connectivity index (χ0v) is 4.63. The zero-order chi connectivity index (χ0) is 7.28. The largest absolute Gasteiger partial charge is 0.398 e. The molecule has 9 heavy (non-hydrogen) atoms. The molecule has 0 unspecified atom stereocenters. The van der Waals surface area contributed by atoms with Gasteiger partial charge in [-0.1, -0.05) is 0 Å². The fourth-order valence-electron chi connectivity index (χ4n) is 0.248. The highest BCUT2D eigenvalue weighted by Gasteiger charge is 1.97. The Labute approximate surface area is 52.4 Å². The maximum absolute atomic E-state index is 8.28. The third-order valence-corrected chi connectivity index (χ3v) is 0.715. The summed E-state index contributed by atoms with van der Waals surface area (Å²) in [6.07, 6.45) is 0. The summed E-state index contributed by atoms with van der Waals surface area (Å²) in [6, 6.07) is 3.07. The van der Waals surface area contributed by atoms with E-state index in [0.717, 1.165) is 0 Å². The molecule has 0 aromatic carbocycles. The molecule has 0 saturated heterocycles. The summed E-state index contributed by atoms with van der Waals surface area (Å²) in [7, 11) is 0. The van der Waals surface area contributed by atoms with Crippen LogP contribution < -0.4 is 5.73 Å². The molecule has 0 aromatic heterocycles. The van der Waals surface area contributed by atoms with Crippen LogP contribution in [0.25, 0.3) is 0 Å². The van der Waals surface area contributed by atoms with E-state index in [1.165, 1.54) is 12.1 Å².